The maximum atomic E-state index is 12.2. The summed E-state index contributed by atoms with van der Waals surface area (Å²) in [5.74, 6) is 0.172. The molecular formula is C15H18N4O6S. The lowest BCUT2D eigenvalue weighted by Gasteiger charge is -2.06. The van der Waals surface area contributed by atoms with Crippen molar-refractivity contribution >= 4 is 21.1 Å². The van der Waals surface area contributed by atoms with E-state index in [1.807, 2.05) is 6.92 Å². The average molecular weight is 382 g/mol. The van der Waals surface area contributed by atoms with Crippen LogP contribution in [0.4, 0.5) is 0 Å². The third kappa shape index (κ3) is 3.69. The molecule has 2 aromatic heterocycles. The summed E-state index contributed by atoms with van der Waals surface area (Å²) >= 11 is 0. The highest BCUT2D eigenvalue weighted by Crippen LogP contribution is 2.19. The third-order valence-electron chi connectivity index (χ3n) is 3.66. The van der Waals surface area contributed by atoms with Crippen LogP contribution in [0.5, 0.6) is 0 Å². The molecule has 11 heteroatoms. The van der Waals surface area contributed by atoms with E-state index in [0.29, 0.717) is 23.7 Å². The smallest absolute Gasteiger partial charge is 0.408 e. The Morgan fingerprint density at radius 3 is 2.85 bits per heavy atom. The van der Waals surface area contributed by atoms with Crippen LogP contribution in [0.2, 0.25) is 0 Å². The lowest BCUT2D eigenvalue weighted by atomic mass is 10.3. The zero-order chi connectivity index (χ0) is 18.7. The van der Waals surface area contributed by atoms with Crippen LogP contribution < -0.4 is 10.5 Å². The monoisotopic (exact) mass is 382 g/mol. The molecule has 0 saturated carbocycles. The van der Waals surface area contributed by atoms with Crippen LogP contribution in [-0.4, -0.2) is 43.4 Å². The van der Waals surface area contributed by atoms with Gasteiger partial charge >= 0.3 is 5.76 Å². The second kappa shape index (κ2) is 7.40. The molecule has 0 atom stereocenters. The molecule has 0 aliphatic heterocycles. The molecule has 140 valence electrons. The zero-order valence-corrected chi connectivity index (χ0v) is 15.1. The quantitative estimate of drug-likeness (QED) is 0.558. The summed E-state index contributed by atoms with van der Waals surface area (Å²) in [5.41, 5.74) is 0.595. The van der Waals surface area contributed by atoms with E-state index in [1.54, 1.807) is 0 Å². The molecule has 2 heterocycles. The summed E-state index contributed by atoms with van der Waals surface area (Å²) < 4.78 is 43.2. The van der Waals surface area contributed by atoms with E-state index in [-0.39, 0.29) is 30.2 Å². The van der Waals surface area contributed by atoms with Gasteiger partial charge in [-0.2, -0.15) is 4.98 Å². The minimum Gasteiger partial charge on any atom is -0.408 e. The van der Waals surface area contributed by atoms with Crippen molar-refractivity contribution in [1.82, 2.24) is 19.4 Å². The van der Waals surface area contributed by atoms with Gasteiger partial charge in [-0.25, -0.2) is 17.9 Å². The first-order chi connectivity index (χ1) is 12.4. The SMILES string of the molecule is CCc1nc(Cn2c(=O)oc3cc(S(=O)(=O)NCCOC)ccc32)no1. The molecule has 0 aliphatic rings. The molecule has 0 aliphatic carbocycles. The molecule has 26 heavy (non-hydrogen) atoms. The highest BCUT2D eigenvalue weighted by atomic mass is 32.2. The number of aryl methyl sites for hydroxylation is 1. The van der Waals surface area contributed by atoms with Crippen molar-refractivity contribution < 1.29 is 22.1 Å². The molecule has 0 saturated heterocycles. The first-order valence-corrected chi connectivity index (χ1v) is 9.36. The van der Waals surface area contributed by atoms with E-state index >= 15 is 0 Å². The second-order valence-electron chi connectivity index (χ2n) is 5.43. The number of methoxy groups -OCH3 is 1. The number of fused-ring (bicyclic) bond motifs is 1. The van der Waals surface area contributed by atoms with Gasteiger partial charge in [0.25, 0.3) is 0 Å². The Kier molecular flexibility index (Phi) is 5.20. The van der Waals surface area contributed by atoms with Gasteiger partial charge < -0.3 is 13.7 Å². The van der Waals surface area contributed by atoms with E-state index in [0.717, 1.165) is 0 Å². The molecule has 0 spiro atoms. The maximum absolute atomic E-state index is 12.2. The van der Waals surface area contributed by atoms with Crippen LogP contribution in [0.1, 0.15) is 18.6 Å². The maximum Gasteiger partial charge on any atom is 0.420 e. The van der Waals surface area contributed by atoms with Crippen molar-refractivity contribution in [2.45, 2.75) is 24.8 Å². The number of benzene rings is 1. The Bertz CT molecular complexity index is 1070. The predicted molar refractivity (Wildman–Crippen MR) is 90.3 cm³/mol. The third-order valence-corrected chi connectivity index (χ3v) is 5.12. The van der Waals surface area contributed by atoms with Gasteiger partial charge in [-0.15, -0.1) is 0 Å². The van der Waals surface area contributed by atoms with Gasteiger partial charge in [-0.05, 0) is 12.1 Å². The van der Waals surface area contributed by atoms with Crippen molar-refractivity contribution in [3.05, 3.63) is 40.5 Å². The molecule has 3 aromatic rings. The summed E-state index contributed by atoms with van der Waals surface area (Å²) in [6.07, 6.45) is 0.589. The standard InChI is InChI=1S/C15H18N4O6S/c1-3-14-17-13(18-25-14)9-19-11-5-4-10(8-12(11)24-15(19)20)26(21,22)16-6-7-23-2/h4-5,8,16H,3,6-7,9H2,1-2H3. The molecule has 0 bridgehead atoms. The van der Waals surface area contributed by atoms with Crippen LogP contribution in [0.3, 0.4) is 0 Å². The van der Waals surface area contributed by atoms with Crippen LogP contribution in [0.15, 0.2) is 36.8 Å². The van der Waals surface area contributed by atoms with E-state index in [9.17, 15) is 13.2 Å². The number of nitrogens with zero attached hydrogens (tertiary/aromatic N) is 3. The fourth-order valence-electron chi connectivity index (χ4n) is 2.36. The van der Waals surface area contributed by atoms with Crippen LogP contribution in [0.25, 0.3) is 11.1 Å². The van der Waals surface area contributed by atoms with Crippen molar-refractivity contribution in [1.29, 1.82) is 0 Å². The first kappa shape index (κ1) is 18.3. The van der Waals surface area contributed by atoms with E-state index in [1.165, 1.54) is 29.9 Å². The number of aromatic nitrogens is 3. The van der Waals surface area contributed by atoms with E-state index < -0.39 is 15.8 Å². The topological polar surface area (TPSA) is 129 Å². The van der Waals surface area contributed by atoms with Gasteiger partial charge in [0.2, 0.25) is 15.9 Å². The van der Waals surface area contributed by atoms with E-state index in [4.69, 9.17) is 13.7 Å². The van der Waals surface area contributed by atoms with Crippen molar-refractivity contribution in [2.75, 3.05) is 20.3 Å². The Hall–Kier alpha value is -2.50. The Balaban J connectivity index is 1.91. The predicted octanol–water partition coefficient (Wildman–Crippen LogP) is 0.513. The lowest BCUT2D eigenvalue weighted by molar-refractivity contribution is 0.204. The molecule has 3 rings (SSSR count). The van der Waals surface area contributed by atoms with Crippen LogP contribution in [0, 0.1) is 0 Å². The zero-order valence-electron chi connectivity index (χ0n) is 14.3. The number of oxazole rings is 1. The second-order valence-corrected chi connectivity index (χ2v) is 7.20. The van der Waals surface area contributed by atoms with E-state index in [2.05, 4.69) is 14.9 Å². The average Bonchev–Trinajstić information content (AvgIpc) is 3.19. The van der Waals surface area contributed by atoms with Crippen molar-refractivity contribution in [2.24, 2.45) is 0 Å². The van der Waals surface area contributed by atoms with Gasteiger partial charge in [0.1, 0.15) is 0 Å². The summed E-state index contributed by atoms with van der Waals surface area (Å²) in [4.78, 5) is 16.3. The Morgan fingerprint density at radius 1 is 1.35 bits per heavy atom. The summed E-state index contributed by atoms with van der Waals surface area (Å²) in [7, 11) is -2.25. The summed E-state index contributed by atoms with van der Waals surface area (Å²) in [5, 5.41) is 3.80. The number of nitrogens with one attached hydrogen (secondary N) is 1. The molecule has 0 fully saturated rings. The van der Waals surface area contributed by atoms with Crippen LogP contribution >= 0.6 is 0 Å². The summed E-state index contributed by atoms with van der Waals surface area (Å²) in [6, 6.07) is 4.21. The highest BCUT2D eigenvalue weighted by Gasteiger charge is 2.18. The van der Waals surface area contributed by atoms with Crippen molar-refractivity contribution in [3.63, 3.8) is 0 Å². The minimum absolute atomic E-state index is 0.00478. The van der Waals surface area contributed by atoms with Gasteiger partial charge in [-0.1, -0.05) is 12.1 Å². The number of ether oxygens (including phenoxy) is 1. The molecule has 1 N–H and O–H groups in total. The molecule has 10 nitrogen and oxygen atoms in total. The molecule has 0 radical (unpaired) electrons. The lowest BCUT2D eigenvalue weighted by Crippen LogP contribution is -2.27. The Labute approximate surface area is 148 Å². The molecule has 1 aromatic carbocycles. The van der Waals surface area contributed by atoms with Gasteiger partial charge in [0.15, 0.2) is 11.4 Å². The number of rotatable bonds is 8. The fraction of sp³-hybridized carbons (Fsp3) is 0.400. The van der Waals surface area contributed by atoms with Gasteiger partial charge in [-0.3, -0.25) is 4.57 Å². The molecule has 0 amide bonds. The first-order valence-electron chi connectivity index (χ1n) is 7.88. The molecular weight excluding hydrogens is 364 g/mol. The van der Waals surface area contributed by atoms with Crippen molar-refractivity contribution in [3.8, 4) is 0 Å². The number of hydrogen-bond donors (Lipinski definition) is 1. The van der Waals surface area contributed by atoms with Gasteiger partial charge in [0.05, 0.1) is 23.6 Å². The largest absolute Gasteiger partial charge is 0.420 e. The Morgan fingerprint density at radius 2 is 2.15 bits per heavy atom. The molecule has 0 unspecified atom stereocenters. The summed E-state index contributed by atoms with van der Waals surface area (Å²) in [6.45, 7) is 2.32. The number of hydrogen-bond acceptors (Lipinski definition) is 8. The highest BCUT2D eigenvalue weighted by molar-refractivity contribution is 7.89. The van der Waals surface area contributed by atoms with Gasteiger partial charge in [0, 0.05) is 26.1 Å². The normalized spacial score (nSPS) is 12.1. The number of sulfonamides is 1. The fourth-order valence-corrected chi connectivity index (χ4v) is 3.39. The minimum atomic E-state index is -3.73. The van der Waals surface area contributed by atoms with Crippen LogP contribution in [-0.2, 0) is 27.7 Å².